The summed E-state index contributed by atoms with van der Waals surface area (Å²) in [5.74, 6) is 0.789. The third-order valence-electron chi connectivity index (χ3n) is 2.66. The predicted molar refractivity (Wildman–Crippen MR) is 35.3 cm³/mol. The highest BCUT2D eigenvalue weighted by atomic mass is 16.5. The van der Waals surface area contributed by atoms with E-state index in [4.69, 9.17) is 4.74 Å². The molecule has 1 N–H and O–H groups in total. The molecule has 2 fully saturated rings. The summed E-state index contributed by atoms with van der Waals surface area (Å²) in [5.41, 5.74) is 0.472. The van der Waals surface area contributed by atoms with Crippen LogP contribution in [0.15, 0.2) is 0 Å². The molecule has 1 unspecified atom stereocenters. The molecule has 2 aliphatic heterocycles. The lowest BCUT2D eigenvalue weighted by Gasteiger charge is -2.18. The van der Waals surface area contributed by atoms with Crippen molar-refractivity contribution in [3.8, 4) is 0 Å². The Labute approximate surface area is 55.6 Å². The first-order valence-electron chi connectivity index (χ1n) is 3.60. The summed E-state index contributed by atoms with van der Waals surface area (Å²) >= 11 is 0. The normalized spacial score (nSPS) is 49.7. The Kier molecular flexibility index (Phi) is 1.08. The van der Waals surface area contributed by atoms with Gasteiger partial charge in [-0.05, 0) is 0 Å². The van der Waals surface area contributed by atoms with E-state index in [1.165, 1.54) is 0 Å². The van der Waals surface area contributed by atoms with Crippen LogP contribution in [-0.4, -0.2) is 26.3 Å². The lowest BCUT2D eigenvalue weighted by atomic mass is 9.84. The van der Waals surface area contributed by atoms with Crippen LogP contribution in [0.1, 0.15) is 6.92 Å². The average molecular weight is 127 g/mol. The summed E-state index contributed by atoms with van der Waals surface area (Å²) in [5, 5.41) is 3.38. The molecule has 0 bridgehead atoms. The average Bonchev–Trinajstić information content (AvgIpc) is 2.22. The molecule has 52 valence electrons. The maximum Gasteiger partial charge on any atom is 0.0536 e. The van der Waals surface area contributed by atoms with Gasteiger partial charge in [0, 0.05) is 24.4 Å². The van der Waals surface area contributed by atoms with E-state index in [2.05, 4.69) is 12.2 Å². The summed E-state index contributed by atoms with van der Waals surface area (Å²) in [6.45, 7) is 6.56. The van der Waals surface area contributed by atoms with Gasteiger partial charge in [0.2, 0.25) is 0 Å². The van der Waals surface area contributed by atoms with Gasteiger partial charge < -0.3 is 10.1 Å². The van der Waals surface area contributed by atoms with Gasteiger partial charge in [0.15, 0.2) is 0 Å². The third-order valence-corrected chi connectivity index (χ3v) is 2.66. The van der Waals surface area contributed by atoms with E-state index in [0.717, 1.165) is 32.2 Å². The number of rotatable bonds is 0. The second-order valence-electron chi connectivity index (χ2n) is 3.50. The highest BCUT2D eigenvalue weighted by Crippen LogP contribution is 2.36. The van der Waals surface area contributed by atoms with Crippen LogP contribution < -0.4 is 5.32 Å². The maximum absolute atomic E-state index is 5.37. The fourth-order valence-corrected chi connectivity index (χ4v) is 1.79. The highest BCUT2D eigenvalue weighted by Gasteiger charge is 2.43. The van der Waals surface area contributed by atoms with Crippen molar-refractivity contribution in [1.29, 1.82) is 0 Å². The monoisotopic (exact) mass is 127 g/mol. The molecule has 0 aromatic rings. The molecule has 2 aliphatic rings. The van der Waals surface area contributed by atoms with Gasteiger partial charge in [-0.15, -0.1) is 0 Å². The number of nitrogens with one attached hydrogen (secondary N) is 1. The molecule has 2 heterocycles. The van der Waals surface area contributed by atoms with Crippen molar-refractivity contribution < 1.29 is 4.74 Å². The Hall–Kier alpha value is -0.0800. The van der Waals surface area contributed by atoms with Crippen LogP contribution in [0.25, 0.3) is 0 Å². The molecule has 2 atom stereocenters. The lowest BCUT2D eigenvalue weighted by molar-refractivity contribution is 0.158. The number of hydrogen-bond donors (Lipinski definition) is 1. The van der Waals surface area contributed by atoms with Gasteiger partial charge in [-0.3, -0.25) is 0 Å². The Bertz CT molecular complexity index is 114. The molecule has 0 aromatic carbocycles. The second kappa shape index (κ2) is 1.70. The van der Waals surface area contributed by atoms with Crippen LogP contribution in [0.5, 0.6) is 0 Å². The van der Waals surface area contributed by atoms with E-state index in [1.54, 1.807) is 0 Å². The molecule has 2 heteroatoms. The van der Waals surface area contributed by atoms with Gasteiger partial charge in [-0.25, -0.2) is 0 Å². The van der Waals surface area contributed by atoms with Crippen molar-refractivity contribution in [1.82, 2.24) is 5.32 Å². The zero-order valence-electron chi connectivity index (χ0n) is 5.81. The number of fused-ring (bicyclic) bond motifs is 1. The Balaban J connectivity index is 2.17. The van der Waals surface area contributed by atoms with Gasteiger partial charge in [0.25, 0.3) is 0 Å². The molecular formula is C7H13NO. The first kappa shape index (κ1) is 5.69. The van der Waals surface area contributed by atoms with Gasteiger partial charge in [0.1, 0.15) is 0 Å². The molecule has 2 saturated heterocycles. The molecule has 9 heavy (non-hydrogen) atoms. The molecule has 2 rings (SSSR count). The summed E-state index contributed by atoms with van der Waals surface area (Å²) in [6, 6.07) is 0. The van der Waals surface area contributed by atoms with Gasteiger partial charge in [-0.2, -0.15) is 0 Å². The fraction of sp³-hybridized carbons (Fsp3) is 1.00. The molecule has 0 spiro atoms. The van der Waals surface area contributed by atoms with Gasteiger partial charge in [0.05, 0.1) is 13.2 Å². The van der Waals surface area contributed by atoms with Crippen molar-refractivity contribution in [3.05, 3.63) is 0 Å². The summed E-state index contributed by atoms with van der Waals surface area (Å²) in [6.07, 6.45) is 0. The summed E-state index contributed by atoms with van der Waals surface area (Å²) < 4.78 is 5.37. The smallest absolute Gasteiger partial charge is 0.0536 e. The van der Waals surface area contributed by atoms with Crippen molar-refractivity contribution in [2.24, 2.45) is 11.3 Å². The zero-order chi connectivity index (χ0) is 6.32. The minimum Gasteiger partial charge on any atom is -0.380 e. The highest BCUT2D eigenvalue weighted by molar-refractivity contribution is 4.94. The predicted octanol–water partition coefficient (Wildman–Crippen LogP) is 0.242. The largest absolute Gasteiger partial charge is 0.380 e. The summed E-state index contributed by atoms with van der Waals surface area (Å²) in [4.78, 5) is 0. The van der Waals surface area contributed by atoms with E-state index in [0.29, 0.717) is 5.41 Å². The van der Waals surface area contributed by atoms with Crippen molar-refractivity contribution in [2.45, 2.75) is 6.92 Å². The molecule has 0 radical (unpaired) electrons. The van der Waals surface area contributed by atoms with E-state index < -0.39 is 0 Å². The lowest BCUT2D eigenvalue weighted by Crippen LogP contribution is -2.24. The second-order valence-corrected chi connectivity index (χ2v) is 3.50. The molecule has 0 aliphatic carbocycles. The van der Waals surface area contributed by atoms with Crippen LogP contribution in [0.2, 0.25) is 0 Å². The Morgan fingerprint density at radius 3 is 3.33 bits per heavy atom. The van der Waals surface area contributed by atoms with Gasteiger partial charge in [-0.1, -0.05) is 6.92 Å². The van der Waals surface area contributed by atoms with Crippen LogP contribution in [0, 0.1) is 11.3 Å². The minimum absolute atomic E-state index is 0.472. The number of ether oxygens (including phenoxy) is 1. The van der Waals surface area contributed by atoms with Gasteiger partial charge >= 0.3 is 0 Å². The van der Waals surface area contributed by atoms with E-state index in [-0.39, 0.29) is 0 Å². The Morgan fingerprint density at radius 2 is 2.56 bits per heavy atom. The van der Waals surface area contributed by atoms with E-state index >= 15 is 0 Å². The first-order valence-corrected chi connectivity index (χ1v) is 3.60. The first-order chi connectivity index (χ1) is 4.31. The molecular weight excluding hydrogens is 114 g/mol. The van der Waals surface area contributed by atoms with Crippen LogP contribution in [0.4, 0.5) is 0 Å². The zero-order valence-corrected chi connectivity index (χ0v) is 5.81. The SMILES string of the molecule is C[C@]12CNCC1COC2. The fourth-order valence-electron chi connectivity index (χ4n) is 1.79. The minimum atomic E-state index is 0.472. The number of hydrogen-bond acceptors (Lipinski definition) is 2. The van der Waals surface area contributed by atoms with Crippen LogP contribution in [0.3, 0.4) is 0 Å². The molecule has 2 nitrogen and oxygen atoms in total. The third kappa shape index (κ3) is 0.700. The Morgan fingerprint density at radius 1 is 1.67 bits per heavy atom. The maximum atomic E-state index is 5.37. The van der Waals surface area contributed by atoms with E-state index in [9.17, 15) is 0 Å². The summed E-state index contributed by atoms with van der Waals surface area (Å²) in [7, 11) is 0. The molecule has 0 aromatic heterocycles. The molecule has 0 saturated carbocycles. The standard InChI is InChI=1S/C7H13NO/c1-7-4-8-2-6(7)3-9-5-7/h6,8H,2-5H2,1H3/t6?,7-/m1/s1. The van der Waals surface area contributed by atoms with Crippen molar-refractivity contribution >= 4 is 0 Å². The van der Waals surface area contributed by atoms with Crippen LogP contribution in [-0.2, 0) is 4.74 Å². The van der Waals surface area contributed by atoms with Crippen molar-refractivity contribution in [3.63, 3.8) is 0 Å². The quantitative estimate of drug-likeness (QED) is 0.503. The molecule has 0 amide bonds. The topological polar surface area (TPSA) is 21.3 Å². The van der Waals surface area contributed by atoms with Crippen molar-refractivity contribution in [2.75, 3.05) is 26.3 Å². The van der Waals surface area contributed by atoms with E-state index in [1.807, 2.05) is 0 Å². The van der Waals surface area contributed by atoms with Crippen LogP contribution >= 0.6 is 0 Å².